The van der Waals surface area contributed by atoms with Gasteiger partial charge in [-0.15, -0.1) is 0 Å². The molecule has 0 aliphatic carbocycles. The molecule has 5 nitrogen and oxygen atoms in total. The number of carbonyl (C=O) groups is 2. The molecule has 30 heavy (non-hydrogen) atoms. The minimum absolute atomic E-state index is 0.114. The van der Waals surface area contributed by atoms with Gasteiger partial charge in [0.1, 0.15) is 0 Å². The van der Waals surface area contributed by atoms with Crippen LogP contribution in [-0.2, 0) is 0 Å². The van der Waals surface area contributed by atoms with Gasteiger partial charge in [-0.25, -0.2) is 0 Å². The van der Waals surface area contributed by atoms with Crippen LogP contribution in [-0.4, -0.2) is 16.9 Å². The van der Waals surface area contributed by atoms with Gasteiger partial charge in [0, 0.05) is 22.0 Å². The number of carbonyl (C=O) groups excluding carboxylic acids is 2. The zero-order chi connectivity index (χ0) is 21.7. The van der Waals surface area contributed by atoms with Crippen LogP contribution in [0.25, 0.3) is 0 Å². The SMILES string of the molecule is Cc1ccccc1C(=O)Nc1ccc(NC(=S)NC(=O)c2ccc(Cl)cc2Cl)cc1. The summed E-state index contributed by atoms with van der Waals surface area (Å²) in [6, 6.07) is 18.9. The normalized spacial score (nSPS) is 10.2. The Hall–Kier alpha value is -2.93. The number of nitrogens with one attached hydrogen (secondary N) is 3. The highest BCUT2D eigenvalue weighted by Crippen LogP contribution is 2.21. The first-order valence-corrected chi connectivity index (χ1v) is 10.0. The van der Waals surface area contributed by atoms with E-state index in [1.54, 1.807) is 36.4 Å². The molecule has 0 fully saturated rings. The molecule has 3 aromatic carbocycles. The van der Waals surface area contributed by atoms with Crippen LogP contribution in [0.3, 0.4) is 0 Å². The standard InChI is InChI=1S/C22H17Cl2N3O2S/c1-13-4-2-3-5-17(13)20(28)25-15-7-9-16(10-8-15)26-22(30)27-21(29)18-11-6-14(23)12-19(18)24/h2-12H,1H3,(H,25,28)(H2,26,27,29,30). The van der Waals surface area contributed by atoms with Crippen LogP contribution in [0.1, 0.15) is 26.3 Å². The fraction of sp³-hybridized carbons (Fsp3) is 0.0455. The topological polar surface area (TPSA) is 70.2 Å². The molecule has 3 N–H and O–H groups in total. The lowest BCUT2D eigenvalue weighted by atomic mass is 10.1. The van der Waals surface area contributed by atoms with Crippen molar-refractivity contribution < 1.29 is 9.59 Å². The number of amides is 2. The second kappa shape index (κ2) is 9.71. The molecule has 0 saturated carbocycles. The number of hydrogen-bond acceptors (Lipinski definition) is 3. The Balaban J connectivity index is 1.58. The number of thiocarbonyl (C=S) groups is 1. The highest BCUT2D eigenvalue weighted by molar-refractivity contribution is 7.80. The number of halogens is 2. The Labute approximate surface area is 189 Å². The fourth-order valence-electron chi connectivity index (χ4n) is 2.67. The van der Waals surface area contributed by atoms with Gasteiger partial charge in [-0.05, 0) is 73.2 Å². The van der Waals surface area contributed by atoms with Gasteiger partial charge >= 0.3 is 0 Å². The smallest absolute Gasteiger partial charge is 0.258 e. The molecule has 0 aliphatic rings. The van der Waals surface area contributed by atoms with E-state index in [0.717, 1.165) is 5.56 Å². The lowest BCUT2D eigenvalue weighted by molar-refractivity contribution is 0.0976. The summed E-state index contributed by atoms with van der Waals surface area (Å²) in [5, 5.41) is 9.11. The van der Waals surface area contributed by atoms with E-state index in [0.29, 0.717) is 22.0 Å². The van der Waals surface area contributed by atoms with Crippen LogP contribution < -0.4 is 16.0 Å². The molecule has 152 valence electrons. The molecule has 0 heterocycles. The lowest BCUT2D eigenvalue weighted by Gasteiger charge is -2.12. The van der Waals surface area contributed by atoms with Crippen LogP contribution in [0.4, 0.5) is 11.4 Å². The van der Waals surface area contributed by atoms with E-state index in [9.17, 15) is 9.59 Å². The Kier molecular flexibility index (Phi) is 7.05. The Morgan fingerprint density at radius 3 is 2.07 bits per heavy atom. The number of hydrogen-bond donors (Lipinski definition) is 3. The third-order valence-corrected chi connectivity index (χ3v) is 4.95. The predicted molar refractivity (Wildman–Crippen MR) is 126 cm³/mol. The van der Waals surface area contributed by atoms with Crippen molar-refractivity contribution >= 4 is 63.7 Å². The number of anilines is 2. The van der Waals surface area contributed by atoms with Crippen LogP contribution in [0.5, 0.6) is 0 Å². The number of rotatable bonds is 4. The van der Waals surface area contributed by atoms with Crippen molar-refractivity contribution in [3.63, 3.8) is 0 Å². The van der Waals surface area contributed by atoms with Gasteiger partial charge in [0.25, 0.3) is 11.8 Å². The molecule has 8 heteroatoms. The zero-order valence-corrected chi connectivity index (χ0v) is 18.2. The van der Waals surface area contributed by atoms with Crippen molar-refractivity contribution in [2.24, 2.45) is 0 Å². The third-order valence-electron chi connectivity index (χ3n) is 4.19. The monoisotopic (exact) mass is 457 g/mol. The fourth-order valence-corrected chi connectivity index (χ4v) is 3.37. The highest BCUT2D eigenvalue weighted by atomic mass is 35.5. The van der Waals surface area contributed by atoms with E-state index < -0.39 is 5.91 Å². The van der Waals surface area contributed by atoms with Crippen molar-refractivity contribution in [3.05, 3.63) is 93.5 Å². The summed E-state index contributed by atoms with van der Waals surface area (Å²) < 4.78 is 0. The molecule has 0 spiro atoms. The number of aryl methyl sites for hydroxylation is 1. The molecule has 0 unspecified atom stereocenters. The molecule has 0 radical (unpaired) electrons. The van der Waals surface area contributed by atoms with E-state index in [1.165, 1.54) is 12.1 Å². The maximum Gasteiger partial charge on any atom is 0.258 e. The van der Waals surface area contributed by atoms with E-state index in [1.807, 2.05) is 25.1 Å². The Morgan fingerprint density at radius 2 is 1.43 bits per heavy atom. The molecule has 2 amide bonds. The summed E-state index contributed by atoms with van der Waals surface area (Å²) in [5.74, 6) is -0.632. The van der Waals surface area contributed by atoms with Crippen LogP contribution in [0, 0.1) is 6.92 Å². The van der Waals surface area contributed by atoms with Crippen molar-refractivity contribution in [2.45, 2.75) is 6.92 Å². The maximum atomic E-state index is 12.4. The largest absolute Gasteiger partial charge is 0.332 e. The molecular formula is C22H17Cl2N3O2S. The Bertz CT molecular complexity index is 1120. The maximum absolute atomic E-state index is 12.4. The predicted octanol–water partition coefficient (Wildman–Crippen LogP) is 5.68. The van der Waals surface area contributed by atoms with Crippen molar-refractivity contribution in [1.82, 2.24) is 5.32 Å². The summed E-state index contributed by atoms with van der Waals surface area (Å²) in [6.45, 7) is 1.88. The van der Waals surface area contributed by atoms with Gasteiger partial charge in [0.05, 0.1) is 10.6 Å². The summed E-state index contributed by atoms with van der Waals surface area (Å²) in [5.41, 5.74) is 3.06. The molecule has 0 atom stereocenters. The second-order valence-electron chi connectivity index (χ2n) is 6.38. The van der Waals surface area contributed by atoms with E-state index in [-0.39, 0.29) is 21.6 Å². The summed E-state index contributed by atoms with van der Waals surface area (Å²) in [4.78, 5) is 24.7. The summed E-state index contributed by atoms with van der Waals surface area (Å²) in [7, 11) is 0. The minimum atomic E-state index is -0.448. The average molecular weight is 458 g/mol. The van der Waals surface area contributed by atoms with Gasteiger partial charge in [-0.3, -0.25) is 14.9 Å². The highest BCUT2D eigenvalue weighted by Gasteiger charge is 2.13. The summed E-state index contributed by atoms with van der Waals surface area (Å²) in [6.07, 6.45) is 0. The lowest BCUT2D eigenvalue weighted by Crippen LogP contribution is -2.34. The van der Waals surface area contributed by atoms with Gasteiger partial charge < -0.3 is 10.6 Å². The van der Waals surface area contributed by atoms with Crippen molar-refractivity contribution in [1.29, 1.82) is 0 Å². The first-order chi connectivity index (χ1) is 14.3. The summed E-state index contributed by atoms with van der Waals surface area (Å²) >= 11 is 17.1. The van der Waals surface area contributed by atoms with E-state index in [2.05, 4.69) is 16.0 Å². The molecular weight excluding hydrogens is 441 g/mol. The van der Waals surface area contributed by atoms with Crippen LogP contribution in [0.15, 0.2) is 66.7 Å². The number of benzene rings is 3. The first kappa shape index (κ1) is 21.8. The second-order valence-corrected chi connectivity index (χ2v) is 7.63. The van der Waals surface area contributed by atoms with Crippen LogP contribution in [0.2, 0.25) is 10.0 Å². The quantitative estimate of drug-likeness (QED) is 0.440. The first-order valence-electron chi connectivity index (χ1n) is 8.88. The third kappa shape index (κ3) is 5.57. The van der Waals surface area contributed by atoms with Crippen molar-refractivity contribution in [3.8, 4) is 0 Å². The van der Waals surface area contributed by atoms with E-state index >= 15 is 0 Å². The zero-order valence-electron chi connectivity index (χ0n) is 15.8. The van der Waals surface area contributed by atoms with Gasteiger partial charge in [0.15, 0.2) is 5.11 Å². The van der Waals surface area contributed by atoms with Crippen molar-refractivity contribution in [2.75, 3.05) is 10.6 Å². The minimum Gasteiger partial charge on any atom is -0.332 e. The molecule has 0 saturated heterocycles. The van der Waals surface area contributed by atoms with Gasteiger partial charge in [-0.2, -0.15) is 0 Å². The molecule has 3 aromatic rings. The molecule has 3 rings (SSSR count). The molecule has 0 aliphatic heterocycles. The average Bonchev–Trinajstić information content (AvgIpc) is 2.69. The molecule has 0 bridgehead atoms. The van der Waals surface area contributed by atoms with Crippen LogP contribution >= 0.6 is 35.4 Å². The Morgan fingerprint density at radius 1 is 0.800 bits per heavy atom. The van der Waals surface area contributed by atoms with Gasteiger partial charge in [-0.1, -0.05) is 41.4 Å². The van der Waals surface area contributed by atoms with E-state index in [4.69, 9.17) is 35.4 Å². The van der Waals surface area contributed by atoms with Gasteiger partial charge in [0.2, 0.25) is 0 Å². The molecule has 0 aromatic heterocycles.